The van der Waals surface area contributed by atoms with E-state index in [1.54, 1.807) is 12.1 Å². The van der Waals surface area contributed by atoms with Gasteiger partial charge >= 0.3 is 5.97 Å². The van der Waals surface area contributed by atoms with Gasteiger partial charge in [-0.15, -0.1) is 0 Å². The molecule has 1 N–H and O–H groups in total. The summed E-state index contributed by atoms with van der Waals surface area (Å²) in [5, 5.41) is 8.90. The number of hydrogen-bond donors (Lipinski definition) is 1. The van der Waals surface area contributed by atoms with Crippen LogP contribution in [0.15, 0.2) is 24.3 Å². The first kappa shape index (κ1) is 13.7. The summed E-state index contributed by atoms with van der Waals surface area (Å²) in [6.07, 6.45) is 3.01. The lowest BCUT2D eigenvalue weighted by molar-refractivity contribution is -0.143. The number of carbonyl (C=O) groups excluding carboxylic acids is 1. The molecule has 0 bridgehead atoms. The minimum absolute atomic E-state index is 0.142. The smallest absolute Gasteiger partial charge is 0.306 e. The van der Waals surface area contributed by atoms with E-state index in [2.05, 4.69) is 0 Å². The molecule has 102 valence electrons. The highest BCUT2D eigenvalue weighted by Gasteiger charge is 2.27. The number of halogens is 1. The monoisotopic (exact) mass is 264 g/mol. The zero-order valence-electron chi connectivity index (χ0n) is 10.6. The number of Topliss-reactive ketones (excluding diaryl/α,β-unsaturated/α-hetero) is 1. The first-order valence-corrected chi connectivity index (χ1v) is 6.58. The van der Waals surface area contributed by atoms with Gasteiger partial charge in [0.15, 0.2) is 5.78 Å². The molecule has 0 amide bonds. The molecule has 0 atom stereocenters. The molecule has 1 aromatic rings. The fraction of sp³-hybridized carbons (Fsp3) is 0.467. The standard InChI is InChI=1S/C15H17FO3/c16-13-4-2-1-3-12(13)14(17)9-10-5-7-11(8-6-10)15(18)19/h1-4,10-11H,5-9H2,(H,18,19). The fourth-order valence-corrected chi connectivity index (χ4v) is 2.67. The number of carboxylic acid groups (broad SMARTS) is 1. The summed E-state index contributed by atoms with van der Waals surface area (Å²) in [5.41, 5.74) is 0.142. The molecule has 19 heavy (non-hydrogen) atoms. The van der Waals surface area contributed by atoms with Crippen molar-refractivity contribution >= 4 is 11.8 Å². The molecular weight excluding hydrogens is 247 g/mol. The third-order valence-corrected chi connectivity index (χ3v) is 3.84. The summed E-state index contributed by atoms with van der Waals surface area (Å²) < 4.78 is 13.5. The van der Waals surface area contributed by atoms with Crippen LogP contribution in [0.5, 0.6) is 0 Å². The van der Waals surface area contributed by atoms with Crippen molar-refractivity contribution in [3.05, 3.63) is 35.6 Å². The SMILES string of the molecule is O=C(CC1CCC(C(=O)O)CC1)c1ccccc1F. The molecule has 0 radical (unpaired) electrons. The molecule has 0 spiro atoms. The van der Waals surface area contributed by atoms with Gasteiger partial charge in [0.25, 0.3) is 0 Å². The zero-order valence-corrected chi connectivity index (χ0v) is 10.6. The van der Waals surface area contributed by atoms with Crippen molar-refractivity contribution in [1.82, 2.24) is 0 Å². The van der Waals surface area contributed by atoms with Crippen molar-refractivity contribution in [1.29, 1.82) is 0 Å². The summed E-state index contributed by atoms with van der Waals surface area (Å²) in [4.78, 5) is 22.8. The summed E-state index contributed by atoms with van der Waals surface area (Å²) in [7, 11) is 0. The highest BCUT2D eigenvalue weighted by molar-refractivity contribution is 5.96. The van der Waals surface area contributed by atoms with Crippen LogP contribution in [0.1, 0.15) is 42.5 Å². The molecule has 0 unspecified atom stereocenters. The minimum Gasteiger partial charge on any atom is -0.481 e. The highest BCUT2D eigenvalue weighted by Crippen LogP contribution is 2.31. The van der Waals surface area contributed by atoms with Gasteiger partial charge in [-0.2, -0.15) is 0 Å². The van der Waals surface area contributed by atoms with E-state index in [1.807, 2.05) is 0 Å². The number of rotatable bonds is 4. The first-order chi connectivity index (χ1) is 9.08. The van der Waals surface area contributed by atoms with Crippen LogP contribution in [0.4, 0.5) is 4.39 Å². The lowest BCUT2D eigenvalue weighted by Gasteiger charge is -2.25. The van der Waals surface area contributed by atoms with E-state index in [0.29, 0.717) is 19.3 Å². The Morgan fingerprint density at radius 3 is 2.37 bits per heavy atom. The van der Waals surface area contributed by atoms with E-state index in [-0.39, 0.29) is 23.2 Å². The fourth-order valence-electron chi connectivity index (χ4n) is 2.67. The van der Waals surface area contributed by atoms with Gasteiger partial charge in [0.1, 0.15) is 5.82 Å². The van der Waals surface area contributed by atoms with Crippen molar-refractivity contribution in [2.75, 3.05) is 0 Å². The second kappa shape index (κ2) is 5.95. The van der Waals surface area contributed by atoms with Crippen LogP contribution >= 0.6 is 0 Å². The predicted octanol–water partition coefficient (Wildman–Crippen LogP) is 3.29. The topological polar surface area (TPSA) is 54.4 Å². The Bertz CT molecular complexity index is 476. The van der Waals surface area contributed by atoms with E-state index >= 15 is 0 Å². The maximum absolute atomic E-state index is 13.5. The second-order valence-electron chi connectivity index (χ2n) is 5.16. The molecular formula is C15H17FO3. The summed E-state index contributed by atoms with van der Waals surface area (Å²) in [6.45, 7) is 0. The third-order valence-electron chi connectivity index (χ3n) is 3.84. The lowest BCUT2D eigenvalue weighted by Crippen LogP contribution is -2.23. The van der Waals surface area contributed by atoms with Gasteiger partial charge in [-0.3, -0.25) is 9.59 Å². The zero-order chi connectivity index (χ0) is 13.8. The largest absolute Gasteiger partial charge is 0.481 e. The number of aliphatic carboxylic acids is 1. The van der Waals surface area contributed by atoms with E-state index < -0.39 is 11.8 Å². The molecule has 0 saturated heterocycles. The van der Waals surface area contributed by atoms with E-state index in [0.717, 1.165) is 12.8 Å². The third kappa shape index (κ3) is 3.40. The molecule has 1 aliphatic rings. The van der Waals surface area contributed by atoms with Gasteiger partial charge in [0, 0.05) is 6.42 Å². The van der Waals surface area contributed by atoms with Crippen LogP contribution in [0.25, 0.3) is 0 Å². The maximum Gasteiger partial charge on any atom is 0.306 e. The van der Waals surface area contributed by atoms with Gasteiger partial charge in [-0.05, 0) is 43.7 Å². The Kier molecular flexibility index (Phi) is 4.30. The molecule has 1 fully saturated rings. The van der Waals surface area contributed by atoms with E-state index in [9.17, 15) is 14.0 Å². The molecule has 2 rings (SSSR count). The van der Waals surface area contributed by atoms with Crippen LogP contribution in [0.3, 0.4) is 0 Å². The molecule has 0 aliphatic heterocycles. The maximum atomic E-state index is 13.5. The predicted molar refractivity (Wildman–Crippen MR) is 68.4 cm³/mol. The highest BCUT2D eigenvalue weighted by atomic mass is 19.1. The van der Waals surface area contributed by atoms with Crippen molar-refractivity contribution in [2.45, 2.75) is 32.1 Å². The average Bonchev–Trinajstić information content (AvgIpc) is 2.39. The van der Waals surface area contributed by atoms with Gasteiger partial charge in [-0.25, -0.2) is 4.39 Å². The molecule has 1 aliphatic carbocycles. The Morgan fingerprint density at radius 1 is 1.16 bits per heavy atom. The molecule has 0 heterocycles. The van der Waals surface area contributed by atoms with Gasteiger partial charge in [0.2, 0.25) is 0 Å². The van der Waals surface area contributed by atoms with Crippen molar-refractivity contribution < 1.29 is 19.1 Å². The quantitative estimate of drug-likeness (QED) is 0.849. The van der Waals surface area contributed by atoms with Gasteiger partial charge < -0.3 is 5.11 Å². The number of benzene rings is 1. The van der Waals surface area contributed by atoms with Crippen LogP contribution in [0, 0.1) is 17.7 Å². The van der Waals surface area contributed by atoms with Crippen LogP contribution in [-0.2, 0) is 4.79 Å². The van der Waals surface area contributed by atoms with Gasteiger partial charge in [-0.1, -0.05) is 12.1 Å². The summed E-state index contributed by atoms with van der Waals surface area (Å²) >= 11 is 0. The molecule has 1 saturated carbocycles. The summed E-state index contributed by atoms with van der Waals surface area (Å²) in [6, 6.07) is 6.00. The van der Waals surface area contributed by atoms with Crippen LogP contribution in [0.2, 0.25) is 0 Å². The minimum atomic E-state index is -0.751. The van der Waals surface area contributed by atoms with E-state index in [1.165, 1.54) is 12.1 Å². The molecule has 3 nitrogen and oxygen atoms in total. The number of carboxylic acids is 1. The number of hydrogen-bond acceptors (Lipinski definition) is 2. The van der Waals surface area contributed by atoms with Crippen molar-refractivity contribution in [3.63, 3.8) is 0 Å². The Labute approximate surface area is 111 Å². The summed E-state index contributed by atoms with van der Waals surface area (Å²) in [5.74, 6) is -1.51. The second-order valence-corrected chi connectivity index (χ2v) is 5.16. The van der Waals surface area contributed by atoms with Crippen molar-refractivity contribution in [2.24, 2.45) is 11.8 Å². The normalized spacial score (nSPS) is 23.0. The molecule has 0 aromatic heterocycles. The van der Waals surface area contributed by atoms with E-state index in [4.69, 9.17) is 5.11 Å². The first-order valence-electron chi connectivity index (χ1n) is 6.58. The Balaban J connectivity index is 1.91. The molecule has 1 aromatic carbocycles. The van der Waals surface area contributed by atoms with Gasteiger partial charge in [0.05, 0.1) is 11.5 Å². The lowest BCUT2D eigenvalue weighted by atomic mass is 9.79. The van der Waals surface area contributed by atoms with Crippen molar-refractivity contribution in [3.8, 4) is 0 Å². The number of ketones is 1. The van der Waals surface area contributed by atoms with Crippen LogP contribution < -0.4 is 0 Å². The Morgan fingerprint density at radius 2 is 1.79 bits per heavy atom. The Hall–Kier alpha value is -1.71. The molecule has 4 heteroatoms. The number of carbonyl (C=O) groups is 2. The van der Waals surface area contributed by atoms with Crippen LogP contribution in [-0.4, -0.2) is 16.9 Å². The average molecular weight is 264 g/mol.